The molecule has 1 atom stereocenters. The van der Waals surface area contributed by atoms with Crippen LogP contribution in [0, 0.1) is 5.41 Å². The normalized spacial score (nSPS) is 12.2. The fourth-order valence-corrected chi connectivity index (χ4v) is 2.37. The molecule has 0 saturated heterocycles. The number of nitrogens with one attached hydrogen (secondary N) is 2. The van der Waals surface area contributed by atoms with E-state index in [2.05, 4.69) is 15.4 Å². The van der Waals surface area contributed by atoms with Crippen LogP contribution in [0.25, 0.3) is 0 Å². The lowest BCUT2D eigenvalue weighted by Gasteiger charge is -2.28. The largest absolute Gasteiger partial charge is 0.466 e. The molecule has 0 rings (SSSR count). The molecule has 164 valence electrons. The summed E-state index contributed by atoms with van der Waals surface area (Å²) in [5, 5.41) is 14.8. The highest BCUT2D eigenvalue weighted by Crippen LogP contribution is 2.21. The summed E-state index contributed by atoms with van der Waals surface area (Å²) in [7, 11) is 1.20. The zero-order valence-electron chi connectivity index (χ0n) is 17.0. The highest BCUT2D eigenvalue weighted by atomic mass is 32.2. The molecule has 3 N–H and O–H groups in total. The van der Waals surface area contributed by atoms with Crippen LogP contribution in [0.3, 0.4) is 0 Å². The van der Waals surface area contributed by atoms with Gasteiger partial charge < -0.3 is 25.2 Å². The van der Waals surface area contributed by atoms with Gasteiger partial charge in [0.25, 0.3) is 0 Å². The molecule has 0 saturated carbocycles. The molecule has 0 radical (unpaired) electrons. The Kier molecular flexibility index (Phi) is 12.6. The Balaban J connectivity index is 4.04. The zero-order chi connectivity index (χ0) is 22.4. The third-order valence-corrected chi connectivity index (χ3v) is 4.34. The van der Waals surface area contributed by atoms with Crippen molar-refractivity contribution in [3.63, 3.8) is 0 Å². The first-order valence-corrected chi connectivity index (χ1v) is 9.76. The SMILES string of the molecule is COC(=O)/C=C/C(=O)SCCNC(=O)CCNC(=O)[C@H](O)C(C)(C)COC(C)=O. The first-order valence-electron chi connectivity index (χ1n) is 8.78. The van der Waals surface area contributed by atoms with Gasteiger partial charge in [-0.2, -0.15) is 0 Å². The van der Waals surface area contributed by atoms with Crippen LogP contribution in [-0.2, 0) is 33.4 Å². The molecule has 0 bridgehead atoms. The van der Waals surface area contributed by atoms with E-state index in [1.165, 1.54) is 14.0 Å². The van der Waals surface area contributed by atoms with E-state index in [0.29, 0.717) is 5.75 Å². The van der Waals surface area contributed by atoms with Crippen LogP contribution in [-0.4, -0.2) is 72.6 Å². The van der Waals surface area contributed by atoms with Gasteiger partial charge in [0, 0.05) is 43.7 Å². The van der Waals surface area contributed by atoms with Crippen molar-refractivity contribution >= 4 is 40.6 Å². The van der Waals surface area contributed by atoms with Crippen LogP contribution in [0.2, 0.25) is 0 Å². The maximum atomic E-state index is 12.0. The third kappa shape index (κ3) is 12.6. The van der Waals surface area contributed by atoms with Gasteiger partial charge in [-0.05, 0) is 6.08 Å². The Morgan fingerprint density at radius 3 is 2.34 bits per heavy atom. The van der Waals surface area contributed by atoms with Gasteiger partial charge in [-0.25, -0.2) is 4.79 Å². The van der Waals surface area contributed by atoms with Crippen molar-refractivity contribution in [2.75, 3.05) is 32.6 Å². The van der Waals surface area contributed by atoms with E-state index in [-0.39, 0.29) is 37.1 Å². The first-order chi connectivity index (χ1) is 13.5. The van der Waals surface area contributed by atoms with Gasteiger partial charge in [-0.15, -0.1) is 0 Å². The van der Waals surface area contributed by atoms with Crippen LogP contribution in [0.15, 0.2) is 12.2 Å². The summed E-state index contributed by atoms with van der Waals surface area (Å²) in [6, 6.07) is 0. The molecule has 0 aromatic rings. The standard InChI is InChI=1S/C18H28N2O8S/c1-12(21)28-11-18(2,3)16(25)17(26)20-8-7-13(22)19-9-10-29-15(24)6-5-14(23)27-4/h5-6,16,25H,7-11H2,1-4H3,(H,19,22)(H,20,26)/b6-5+/t16-/m0/s1. The summed E-state index contributed by atoms with van der Waals surface area (Å²) >= 11 is 0.926. The number of thioether (sulfide) groups is 1. The van der Waals surface area contributed by atoms with Crippen LogP contribution >= 0.6 is 11.8 Å². The summed E-state index contributed by atoms with van der Waals surface area (Å²) < 4.78 is 9.19. The van der Waals surface area contributed by atoms with Gasteiger partial charge in [-0.3, -0.25) is 19.2 Å². The smallest absolute Gasteiger partial charge is 0.330 e. The Labute approximate surface area is 173 Å². The quantitative estimate of drug-likeness (QED) is 0.212. The molecule has 0 spiro atoms. The minimum absolute atomic E-state index is 0.0102. The van der Waals surface area contributed by atoms with Gasteiger partial charge >= 0.3 is 11.9 Å². The lowest BCUT2D eigenvalue weighted by atomic mass is 9.87. The Morgan fingerprint density at radius 1 is 1.10 bits per heavy atom. The Bertz CT molecular complexity index is 633. The van der Waals surface area contributed by atoms with Gasteiger partial charge in [-0.1, -0.05) is 25.6 Å². The molecule has 0 aliphatic heterocycles. The first kappa shape index (κ1) is 26.6. The number of methoxy groups -OCH3 is 1. The van der Waals surface area contributed by atoms with Crippen molar-refractivity contribution in [1.82, 2.24) is 10.6 Å². The topological polar surface area (TPSA) is 148 Å². The van der Waals surface area contributed by atoms with Crippen molar-refractivity contribution in [2.24, 2.45) is 5.41 Å². The van der Waals surface area contributed by atoms with Crippen molar-refractivity contribution in [2.45, 2.75) is 33.3 Å². The highest BCUT2D eigenvalue weighted by Gasteiger charge is 2.34. The average Bonchev–Trinajstić information content (AvgIpc) is 2.67. The van der Waals surface area contributed by atoms with Gasteiger partial charge in [0.15, 0.2) is 0 Å². The maximum Gasteiger partial charge on any atom is 0.330 e. The summed E-state index contributed by atoms with van der Waals surface area (Å²) in [5.41, 5.74) is -0.982. The minimum Gasteiger partial charge on any atom is -0.466 e. The molecule has 0 aliphatic carbocycles. The molecule has 2 amide bonds. The number of rotatable bonds is 12. The molecule has 29 heavy (non-hydrogen) atoms. The number of aliphatic hydroxyl groups is 1. The predicted molar refractivity (Wildman–Crippen MR) is 106 cm³/mol. The number of aliphatic hydroxyl groups excluding tert-OH is 1. The van der Waals surface area contributed by atoms with E-state index in [1.54, 1.807) is 13.8 Å². The van der Waals surface area contributed by atoms with Gasteiger partial charge in [0.2, 0.25) is 16.9 Å². The number of esters is 2. The van der Waals surface area contributed by atoms with Crippen LogP contribution in [0.1, 0.15) is 27.2 Å². The lowest BCUT2D eigenvalue weighted by molar-refractivity contribution is -0.151. The highest BCUT2D eigenvalue weighted by molar-refractivity contribution is 8.14. The summed E-state index contributed by atoms with van der Waals surface area (Å²) in [6.45, 7) is 4.50. The van der Waals surface area contributed by atoms with E-state index in [9.17, 15) is 29.1 Å². The summed E-state index contributed by atoms with van der Waals surface area (Å²) in [5.74, 6) is -1.84. The molecule has 0 aromatic heterocycles. The zero-order valence-corrected chi connectivity index (χ0v) is 17.8. The van der Waals surface area contributed by atoms with E-state index < -0.39 is 29.4 Å². The average molecular weight is 432 g/mol. The molecule has 0 heterocycles. The Morgan fingerprint density at radius 2 is 1.76 bits per heavy atom. The number of hydrogen-bond acceptors (Lipinski definition) is 9. The second-order valence-corrected chi connectivity index (χ2v) is 7.69. The second-order valence-electron chi connectivity index (χ2n) is 6.59. The van der Waals surface area contributed by atoms with Crippen molar-refractivity contribution in [1.29, 1.82) is 0 Å². The van der Waals surface area contributed by atoms with Crippen molar-refractivity contribution < 1.29 is 38.6 Å². The summed E-state index contributed by atoms with van der Waals surface area (Å²) in [6.07, 6.45) is 0.676. The molecule has 10 nitrogen and oxygen atoms in total. The number of hydrogen-bond donors (Lipinski definition) is 3. The number of ether oxygens (including phenoxy) is 2. The second kappa shape index (κ2) is 13.7. The lowest BCUT2D eigenvalue weighted by Crippen LogP contribution is -2.46. The van der Waals surface area contributed by atoms with Crippen molar-refractivity contribution in [3.8, 4) is 0 Å². The predicted octanol–water partition coefficient (Wildman–Crippen LogP) is -0.452. The molecule has 0 aromatic carbocycles. The molecular formula is C18H28N2O8S. The monoisotopic (exact) mass is 432 g/mol. The van der Waals surface area contributed by atoms with Gasteiger partial charge in [0.05, 0.1) is 13.7 Å². The fourth-order valence-electron chi connectivity index (χ4n) is 1.80. The maximum absolute atomic E-state index is 12.0. The minimum atomic E-state index is -1.41. The molecule has 0 unspecified atom stereocenters. The molecular weight excluding hydrogens is 404 g/mol. The van der Waals surface area contributed by atoms with Gasteiger partial charge in [0.1, 0.15) is 6.10 Å². The molecule has 0 fully saturated rings. The Hall–Kier alpha value is -2.40. The van der Waals surface area contributed by atoms with Crippen LogP contribution in [0.5, 0.6) is 0 Å². The number of carbonyl (C=O) groups is 5. The van der Waals surface area contributed by atoms with E-state index in [0.717, 1.165) is 23.9 Å². The summed E-state index contributed by atoms with van der Waals surface area (Å²) in [4.78, 5) is 56.8. The van der Waals surface area contributed by atoms with E-state index >= 15 is 0 Å². The number of carbonyl (C=O) groups excluding carboxylic acids is 5. The third-order valence-electron chi connectivity index (χ3n) is 3.51. The van der Waals surface area contributed by atoms with Crippen molar-refractivity contribution in [3.05, 3.63) is 12.2 Å². The van der Waals surface area contributed by atoms with E-state index in [4.69, 9.17) is 4.74 Å². The number of amides is 2. The molecule has 0 aliphatic rings. The van der Waals surface area contributed by atoms with Crippen LogP contribution in [0.4, 0.5) is 0 Å². The van der Waals surface area contributed by atoms with E-state index in [1.807, 2.05) is 0 Å². The fraction of sp³-hybridized carbons (Fsp3) is 0.611. The van der Waals surface area contributed by atoms with Crippen LogP contribution < -0.4 is 10.6 Å². The molecule has 11 heteroatoms.